The molecule has 0 aliphatic heterocycles. The maximum absolute atomic E-state index is 12.2. The monoisotopic (exact) mass is 313 g/mol. The number of rotatable bonds is 3. The van der Waals surface area contributed by atoms with Gasteiger partial charge in [0.05, 0.1) is 6.04 Å². The molecule has 23 heavy (non-hydrogen) atoms. The Morgan fingerprint density at radius 3 is 2.61 bits per heavy atom. The highest BCUT2D eigenvalue weighted by Crippen LogP contribution is 2.29. The van der Waals surface area contributed by atoms with E-state index in [1.807, 2.05) is 38.1 Å². The number of amides is 2. The van der Waals surface area contributed by atoms with Crippen LogP contribution in [0.2, 0.25) is 0 Å². The fraction of sp³-hybridized carbons (Fsp3) is 0.294. The number of para-hydroxylation sites is 1. The van der Waals surface area contributed by atoms with Gasteiger partial charge in [-0.05, 0) is 33.8 Å². The van der Waals surface area contributed by atoms with Crippen LogP contribution in [0, 0.1) is 20.8 Å². The highest BCUT2D eigenvalue weighted by Gasteiger charge is 2.19. The van der Waals surface area contributed by atoms with Crippen molar-refractivity contribution in [3.05, 3.63) is 47.0 Å². The molecule has 0 saturated carbocycles. The number of carbonyl (C=O) groups is 1. The number of nitrogens with one attached hydrogen (secondary N) is 2. The van der Waals surface area contributed by atoms with Crippen molar-refractivity contribution in [3.8, 4) is 0 Å². The zero-order valence-corrected chi connectivity index (χ0v) is 13.6. The quantitative estimate of drug-likeness (QED) is 0.758. The van der Waals surface area contributed by atoms with Crippen molar-refractivity contribution in [2.24, 2.45) is 0 Å². The number of hydrogen-bond donors (Lipinski definition) is 2. The molecule has 0 aliphatic carbocycles. The Morgan fingerprint density at radius 1 is 1.22 bits per heavy atom. The lowest BCUT2D eigenvalue weighted by atomic mass is 10.1. The van der Waals surface area contributed by atoms with Gasteiger partial charge in [-0.2, -0.15) is 0 Å². The third-order valence-corrected chi connectivity index (χ3v) is 3.89. The number of hydrogen-bond acceptors (Lipinski definition) is 4. The first kappa shape index (κ1) is 15.1. The van der Waals surface area contributed by atoms with Gasteiger partial charge in [0.15, 0.2) is 5.76 Å². The lowest BCUT2D eigenvalue weighted by molar-refractivity contribution is 0.247. The van der Waals surface area contributed by atoms with Gasteiger partial charge < -0.3 is 19.6 Å². The molecule has 6 nitrogen and oxygen atoms in total. The lowest BCUT2D eigenvalue weighted by Gasteiger charge is -2.13. The molecular formula is C17H19N3O3. The van der Waals surface area contributed by atoms with Crippen LogP contribution >= 0.6 is 0 Å². The van der Waals surface area contributed by atoms with Crippen LogP contribution in [-0.2, 0) is 0 Å². The van der Waals surface area contributed by atoms with Crippen molar-refractivity contribution in [3.63, 3.8) is 0 Å². The fourth-order valence-corrected chi connectivity index (χ4v) is 2.68. The molecule has 0 aliphatic rings. The number of anilines is 1. The Kier molecular flexibility index (Phi) is 3.82. The van der Waals surface area contributed by atoms with E-state index in [-0.39, 0.29) is 12.1 Å². The highest BCUT2D eigenvalue weighted by molar-refractivity contribution is 5.90. The second-order valence-electron chi connectivity index (χ2n) is 5.61. The second-order valence-corrected chi connectivity index (χ2v) is 5.61. The van der Waals surface area contributed by atoms with Gasteiger partial charge in [-0.1, -0.05) is 23.4 Å². The van der Waals surface area contributed by atoms with E-state index in [1.165, 1.54) is 0 Å². The van der Waals surface area contributed by atoms with Gasteiger partial charge in [-0.15, -0.1) is 0 Å². The predicted molar refractivity (Wildman–Crippen MR) is 87.5 cm³/mol. The van der Waals surface area contributed by atoms with E-state index in [1.54, 1.807) is 13.8 Å². The summed E-state index contributed by atoms with van der Waals surface area (Å²) in [6, 6.07) is 7.24. The van der Waals surface area contributed by atoms with E-state index in [2.05, 4.69) is 15.8 Å². The molecule has 2 aromatic heterocycles. The standard InChI is InChI=1S/C17H19N3O3/c1-9-13-7-5-6-8-14(13)22-16(9)11(3)18-17(21)19-15-10(2)20-23-12(15)4/h5-8,11H,1-4H3,(H2,18,19,21)/t11-/m1/s1. The Morgan fingerprint density at radius 2 is 1.96 bits per heavy atom. The minimum atomic E-state index is -0.327. The molecule has 3 rings (SSSR count). The van der Waals surface area contributed by atoms with Crippen LogP contribution in [0.1, 0.15) is 35.7 Å². The summed E-state index contributed by atoms with van der Waals surface area (Å²) in [6.07, 6.45) is 0. The van der Waals surface area contributed by atoms with E-state index >= 15 is 0 Å². The molecule has 120 valence electrons. The molecule has 0 saturated heterocycles. The van der Waals surface area contributed by atoms with Crippen molar-refractivity contribution in [1.29, 1.82) is 0 Å². The van der Waals surface area contributed by atoms with Crippen LogP contribution in [-0.4, -0.2) is 11.2 Å². The van der Waals surface area contributed by atoms with E-state index in [9.17, 15) is 4.79 Å². The van der Waals surface area contributed by atoms with Crippen LogP contribution < -0.4 is 10.6 Å². The van der Waals surface area contributed by atoms with Crippen LogP contribution in [0.3, 0.4) is 0 Å². The Balaban J connectivity index is 1.76. The normalized spacial score (nSPS) is 12.3. The molecule has 1 atom stereocenters. The average molecular weight is 313 g/mol. The molecule has 0 spiro atoms. The molecule has 6 heteroatoms. The predicted octanol–water partition coefficient (Wildman–Crippen LogP) is 4.23. The van der Waals surface area contributed by atoms with Crippen LogP contribution in [0.4, 0.5) is 10.5 Å². The number of urea groups is 1. The van der Waals surface area contributed by atoms with E-state index in [4.69, 9.17) is 8.94 Å². The fourth-order valence-electron chi connectivity index (χ4n) is 2.68. The molecule has 2 amide bonds. The second kappa shape index (κ2) is 5.79. The minimum absolute atomic E-state index is 0.261. The van der Waals surface area contributed by atoms with E-state index in [0.29, 0.717) is 17.1 Å². The van der Waals surface area contributed by atoms with Crippen molar-refractivity contribution in [1.82, 2.24) is 10.5 Å². The number of aryl methyl sites for hydroxylation is 3. The molecule has 0 fully saturated rings. The van der Waals surface area contributed by atoms with E-state index in [0.717, 1.165) is 22.3 Å². The topological polar surface area (TPSA) is 80.3 Å². The van der Waals surface area contributed by atoms with Gasteiger partial charge in [0, 0.05) is 10.9 Å². The largest absolute Gasteiger partial charge is 0.459 e. The number of carbonyl (C=O) groups excluding carboxylic acids is 1. The number of aromatic nitrogens is 1. The molecule has 0 radical (unpaired) electrons. The average Bonchev–Trinajstić information content (AvgIpc) is 3.02. The van der Waals surface area contributed by atoms with Gasteiger partial charge in [0.1, 0.15) is 22.7 Å². The maximum atomic E-state index is 12.2. The summed E-state index contributed by atoms with van der Waals surface area (Å²) in [6.45, 7) is 7.41. The summed E-state index contributed by atoms with van der Waals surface area (Å²) in [5, 5.41) is 10.5. The van der Waals surface area contributed by atoms with Gasteiger partial charge in [-0.3, -0.25) is 0 Å². The summed E-state index contributed by atoms with van der Waals surface area (Å²) >= 11 is 0. The van der Waals surface area contributed by atoms with E-state index < -0.39 is 0 Å². The van der Waals surface area contributed by atoms with Crippen LogP contribution in [0.15, 0.2) is 33.2 Å². The van der Waals surface area contributed by atoms with Crippen LogP contribution in [0.25, 0.3) is 11.0 Å². The molecule has 0 bridgehead atoms. The summed E-state index contributed by atoms with van der Waals surface area (Å²) in [5.74, 6) is 1.32. The number of fused-ring (bicyclic) bond motifs is 1. The minimum Gasteiger partial charge on any atom is -0.459 e. The molecule has 2 N–H and O–H groups in total. The number of benzene rings is 1. The Labute approximate surface area is 133 Å². The van der Waals surface area contributed by atoms with Gasteiger partial charge in [-0.25, -0.2) is 4.79 Å². The number of nitrogens with zero attached hydrogens (tertiary/aromatic N) is 1. The maximum Gasteiger partial charge on any atom is 0.319 e. The first-order valence-electron chi connectivity index (χ1n) is 7.45. The Hall–Kier alpha value is -2.76. The summed E-state index contributed by atoms with van der Waals surface area (Å²) in [4.78, 5) is 12.2. The zero-order chi connectivity index (χ0) is 16.6. The van der Waals surface area contributed by atoms with Gasteiger partial charge >= 0.3 is 6.03 Å². The van der Waals surface area contributed by atoms with Gasteiger partial charge in [0.2, 0.25) is 0 Å². The molecule has 3 aromatic rings. The summed E-state index contributed by atoms with van der Waals surface area (Å²) in [5.41, 5.74) is 3.09. The Bertz CT molecular complexity index is 844. The lowest BCUT2D eigenvalue weighted by Crippen LogP contribution is -2.31. The first-order valence-corrected chi connectivity index (χ1v) is 7.45. The summed E-state index contributed by atoms with van der Waals surface area (Å²) in [7, 11) is 0. The SMILES string of the molecule is Cc1noc(C)c1NC(=O)N[C@H](C)c1oc2ccccc2c1C. The molecular weight excluding hydrogens is 294 g/mol. The molecule has 2 heterocycles. The molecule has 0 unspecified atom stereocenters. The molecule has 1 aromatic carbocycles. The smallest absolute Gasteiger partial charge is 0.319 e. The van der Waals surface area contributed by atoms with Crippen molar-refractivity contribution in [2.75, 3.05) is 5.32 Å². The van der Waals surface area contributed by atoms with Crippen molar-refractivity contribution in [2.45, 2.75) is 33.7 Å². The van der Waals surface area contributed by atoms with Crippen molar-refractivity contribution >= 4 is 22.7 Å². The van der Waals surface area contributed by atoms with Crippen LogP contribution in [0.5, 0.6) is 0 Å². The zero-order valence-electron chi connectivity index (χ0n) is 13.6. The van der Waals surface area contributed by atoms with Gasteiger partial charge in [0.25, 0.3) is 0 Å². The summed E-state index contributed by atoms with van der Waals surface area (Å²) < 4.78 is 10.9. The third-order valence-electron chi connectivity index (χ3n) is 3.89. The third kappa shape index (κ3) is 2.79. The first-order chi connectivity index (χ1) is 11.0. The van der Waals surface area contributed by atoms with Crippen molar-refractivity contribution < 1.29 is 13.7 Å². The number of furan rings is 1. The highest BCUT2D eigenvalue weighted by atomic mass is 16.5.